The van der Waals surface area contributed by atoms with Crippen LogP contribution in [-0.4, -0.2) is 26.9 Å². The Morgan fingerprint density at radius 1 is 1.38 bits per heavy atom. The van der Waals surface area contributed by atoms with Crippen LogP contribution in [0.3, 0.4) is 0 Å². The summed E-state index contributed by atoms with van der Waals surface area (Å²) in [5.41, 5.74) is 0.853. The summed E-state index contributed by atoms with van der Waals surface area (Å²) in [6, 6.07) is 9.29. The van der Waals surface area contributed by atoms with Crippen LogP contribution in [0.4, 0.5) is 0 Å². The summed E-state index contributed by atoms with van der Waals surface area (Å²) in [6.07, 6.45) is 0.158. The number of rotatable bonds is 5. The fraction of sp³-hybridized carbons (Fsp3) is 0.500. The Morgan fingerprint density at radius 3 is 2.56 bits per heavy atom. The van der Waals surface area contributed by atoms with Gasteiger partial charge in [-0.2, -0.15) is 0 Å². The molecule has 0 spiro atoms. The smallest absolute Gasteiger partial charge is 0.154 e. The van der Waals surface area contributed by atoms with Crippen LogP contribution in [0.2, 0.25) is 0 Å². The van der Waals surface area contributed by atoms with Gasteiger partial charge in [0.15, 0.2) is 9.84 Å². The Kier molecular flexibility index (Phi) is 3.30. The normalized spacial score (nSPS) is 21.7. The van der Waals surface area contributed by atoms with E-state index in [1.54, 1.807) is 0 Å². The van der Waals surface area contributed by atoms with Gasteiger partial charge in [0.1, 0.15) is 0 Å². The van der Waals surface area contributed by atoms with Crippen LogP contribution in [0.1, 0.15) is 12.5 Å². The highest BCUT2D eigenvalue weighted by Crippen LogP contribution is 2.22. The van der Waals surface area contributed by atoms with Gasteiger partial charge in [0.05, 0.1) is 24.2 Å². The van der Waals surface area contributed by atoms with Crippen molar-refractivity contribution in [1.82, 2.24) is 0 Å². The maximum atomic E-state index is 11.9. The molecule has 1 heterocycles. The number of ether oxygens (including phenoxy) is 1. The minimum atomic E-state index is -3.02. The molecular formula is C12H16O3S. The maximum absolute atomic E-state index is 11.9. The molecule has 88 valence electrons. The molecule has 0 saturated carbocycles. The Labute approximate surface area is 96.4 Å². The monoisotopic (exact) mass is 240 g/mol. The molecule has 2 atom stereocenters. The average Bonchev–Trinajstić information content (AvgIpc) is 3.00. The van der Waals surface area contributed by atoms with Crippen molar-refractivity contribution in [1.29, 1.82) is 0 Å². The number of sulfone groups is 1. The highest BCUT2D eigenvalue weighted by atomic mass is 32.2. The van der Waals surface area contributed by atoms with Gasteiger partial charge in [0, 0.05) is 0 Å². The van der Waals surface area contributed by atoms with Crippen LogP contribution >= 0.6 is 0 Å². The topological polar surface area (TPSA) is 46.7 Å². The Morgan fingerprint density at radius 2 is 2.00 bits per heavy atom. The fourth-order valence-corrected chi connectivity index (χ4v) is 3.61. The predicted molar refractivity (Wildman–Crippen MR) is 62.8 cm³/mol. The van der Waals surface area contributed by atoms with E-state index in [0.717, 1.165) is 5.56 Å². The summed E-state index contributed by atoms with van der Waals surface area (Å²) in [5, 5.41) is 0. The third-order valence-electron chi connectivity index (χ3n) is 2.74. The first-order valence-electron chi connectivity index (χ1n) is 5.43. The summed E-state index contributed by atoms with van der Waals surface area (Å²) in [6.45, 7) is 2.64. The van der Waals surface area contributed by atoms with Crippen molar-refractivity contribution >= 4 is 9.84 Å². The van der Waals surface area contributed by atoms with Crippen LogP contribution in [0, 0.1) is 5.92 Å². The standard InChI is InChI=1S/C12H16O3S/c1-10(12-7-15-12)8-16(13,14)9-11-5-3-2-4-6-11/h2-6,10,12H,7-9H2,1H3. The number of hydrogen-bond acceptors (Lipinski definition) is 3. The second-order valence-corrected chi connectivity index (χ2v) is 6.50. The minimum Gasteiger partial charge on any atom is -0.373 e. The van der Waals surface area contributed by atoms with Crippen LogP contribution in [-0.2, 0) is 20.3 Å². The van der Waals surface area contributed by atoms with Crippen molar-refractivity contribution in [2.45, 2.75) is 18.8 Å². The van der Waals surface area contributed by atoms with Gasteiger partial charge in [-0.05, 0) is 11.5 Å². The molecule has 1 aromatic carbocycles. The average molecular weight is 240 g/mol. The summed E-state index contributed by atoms with van der Waals surface area (Å²) in [4.78, 5) is 0. The molecule has 0 aromatic heterocycles. The first-order chi connectivity index (χ1) is 7.57. The van der Waals surface area contributed by atoms with Crippen LogP contribution in [0.5, 0.6) is 0 Å². The second kappa shape index (κ2) is 4.55. The molecule has 1 aromatic rings. The molecule has 1 aliphatic heterocycles. The van der Waals surface area contributed by atoms with Crippen molar-refractivity contribution in [2.75, 3.05) is 12.4 Å². The first-order valence-corrected chi connectivity index (χ1v) is 7.25. The quantitative estimate of drug-likeness (QED) is 0.735. The Bertz CT molecular complexity index is 435. The second-order valence-electron chi connectivity index (χ2n) is 4.39. The lowest BCUT2D eigenvalue weighted by molar-refractivity contribution is 0.356. The summed E-state index contributed by atoms with van der Waals surface area (Å²) in [5.74, 6) is 0.450. The molecule has 1 saturated heterocycles. The van der Waals surface area contributed by atoms with E-state index in [-0.39, 0.29) is 23.5 Å². The third kappa shape index (κ3) is 3.32. The van der Waals surface area contributed by atoms with Gasteiger partial charge in [-0.15, -0.1) is 0 Å². The number of benzene rings is 1. The maximum Gasteiger partial charge on any atom is 0.154 e. The molecular weight excluding hydrogens is 224 g/mol. The molecule has 1 aliphatic rings. The highest BCUT2D eigenvalue weighted by molar-refractivity contribution is 7.90. The molecule has 16 heavy (non-hydrogen) atoms. The van der Waals surface area contributed by atoms with Gasteiger partial charge >= 0.3 is 0 Å². The lowest BCUT2D eigenvalue weighted by Gasteiger charge is -2.09. The number of epoxide rings is 1. The van der Waals surface area contributed by atoms with Crippen molar-refractivity contribution in [3.8, 4) is 0 Å². The van der Waals surface area contributed by atoms with Crippen molar-refractivity contribution in [3.05, 3.63) is 35.9 Å². The third-order valence-corrected chi connectivity index (χ3v) is 4.55. The summed E-state index contributed by atoms with van der Waals surface area (Å²) < 4.78 is 28.9. The predicted octanol–water partition coefficient (Wildman–Crippen LogP) is 1.64. The summed E-state index contributed by atoms with van der Waals surface area (Å²) >= 11 is 0. The van der Waals surface area contributed by atoms with Crippen molar-refractivity contribution in [2.24, 2.45) is 5.92 Å². The molecule has 3 nitrogen and oxygen atoms in total. The lowest BCUT2D eigenvalue weighted by Crippen LogP contribution is -2.19. The lowest BCUT2D eigenvalue weighted by atomic mass is 10.1. The van der Waals surface area contributed by atoms with Crippen molar-refractivity contribution < 1.29 is 13.2 Å². The molecule has 0 N–H and O–H groups in total. The van der Waals surface area contributed by atoms with Gasteiger partial charge in [-0.25, -0.2) is 8.42 Å². The SMILES string of the molecule is CC(CS(=O)(=O)Cc1ccccc1)C1CO1. The van der Waals surface area contributed by atoms with Crippen LogP contribution < -0.4 is 0 Å². The summed E-state index contributed by atoms with van der Waals surface area (Å²) in [7, 11) is -3.02. The van der Waals surface area contributed by atoms with Gasteiger partial charge in [-0.3, -0.25) is 0 Å². The molecule has 2 rings (SSSR count). The van der Waals surface area contributed by atoms with Gasteiger partial charge in [0.25, 0.3) is 0 Å². The van der Waals surface area contributed by atoms with Gasteiger partial charge in [-0.1, -0.05) is 37.3 Å². The molecule has 0 aliphatic carbocycles. The Hall–Kier alpha value is -0.870. The van der Waals surface area contributed by atoms with E-state index in [0.29, 0.717) is 6.61 Å². The molecule has 1 fully saturated rings. The Balaban J connectivity index is 1.97. The molecule has 0 radical (unpaired) electrons. The minimum absolute atomic E-state index is 0.105. The van der Waals surface area contributed by atoms with E-state index >= 15 is 0 Å². The van der Waals surface area contributed by atoms with Crippen LogP contribution in [0.15, 0.2) is 30.3 Å². The first kappa shape index (κ1) is 11.6. The van der Waals surface area contributed by atoms with E-state index in [1.165, 1.54) is 0 Å². The van der Waals surface area contributed by atoms with Gasteiger partial charge in [0.2, 0.25) is 0 Å². The van der Waals surface area contributed by atoms with E-state index in [2.05, 4.69) is 0 Å². The van der Waals surface area contributed by atoms with Crippen LogP contribution in [0.25, 0.3) is 0 Å². The largest absolute Gasteiger partial charge is 0.373 e. The van der Waals surface area contributed by atoms with E-state index in [1.807, 2.05) is 37.3 Å². The molecule has 0 bridgehead atoms. The molecule has 4 heteroatoms. The van der Waals surface area contributed by atoms with E-state index in [9.17, 15) is 8.42 Å². The fourth-order valence-electron chi connectivity index (χ4n) is 1.78. The number of hydrogen-bond donors (Lipinski definition) is 0. The highest BCUT2D eigenvalue weighted by Gasteiger charge is 2.32. The van der Waals surface area contributed by atoms with E-state index < -0.39 is 9.84 Å². The zero-order valence-electron chi connectivity index (χ0n) is 9.30. The molecule has 2 unspecified atom stereocenters. The van der Waals surface area contributed by atoms with Crippen molar-refractivity contribution in [3.63, 3.8) is 0 Å². The van der Waals surface area contributed by atoms with Gasteiger partial charge < -0.3 is 4.74 Å². The molecule has 0 amide bonds. The zero-order valence-corrected chi connectivity index (χ0v) is 10.1. The van der Waals surface area contributed by atoms with E-state index in [4.69, 9.17) is 4.74 Å². The zero-order chi connectivity index (χ0) is 11.6.